The Labute approximate surface area is 540 Å². The minimum atomic E-state index is -6.15. The van der Waals surface area contributed by atoms with Crippen molar-refractivity contribution in [3.05, 3.63) is 49.1 Å². The maximum atomic E-state index is 14.1. The van der Waals surface area contributed by atoms with Gasteiger partial charge < -0.3 is 75.8 Å². The molecule has 5 rings (SSSR count). The van der Waals surface area contributed by atoms with Crippen molar-refractivity contribution in [3.63, 3.8) is 0 Å². The molecule has 0 bridgehead atoms. The Morgan fingerprint density at radius 1 is 0.365 bits per heavy atom. The van der Waals surface area contributed by atoms with Crippen LogP contribution in [-0.2, 0) is 114 Å². The average molecular weight is 1420 g/mol. The number of ether oxygens (including phenoxy) is 16. The molecule has 5 fully saturated rings. The van der Waals surface area contributed by atoms with Gasteiger partial charge in [-0.2, -0.15) is 61.5 Å². The molecule has 1 atom stereocenters. The van der Waals surface area contributed by atoms with Crippen molar-refractivity contribution in [3.8, 4) is 0 Å². The Hall–Kier alpha value is -6.58. The highest BCUT2D eigenvalue weighted by Crippen LogP contribution is 2.59. The second kappa shape index (κ2) is 28.7. The Morgan fingerprint density at radius 2 is 0.583 bits per heavy atom. The van der Waals surface area contributed by atoms with Crippen LogP contribution < -0.4 is 0 Å². The number of hydrogen-bond acceptors (Lipinski definition) is 24. The normalized spacial score (nSPS) is 23.0. The average Bonchev–Trinajstić information content (AvgIpc) is 1.57. The maximum Gasteiger partial charge on any atom is 0.486 e. The van der Waals surface area contributed by atoms with Crippen molar-refractivity contribution >= 4 is 47.8 Å². The highest BCUT2D eigenvalue weighted by molar-refractivity contribution is 5.90. The first kappa shape index (κ1) is 85.5. The zero-order valence-corrected chi connectivity index (χ0v) is 55.2. The minimum Gasteiger partial charge on any atom is -0.451 e. The fourth-order valence-electron chi connectivity index (χ4n) is 8.00. The summed E-state index contributed by atoms with van der Waals surface area (Å²) in [5, 5.41) is 0. The summed E-state index contributed by atoms with van der Waals surface area (Å²) in [4.78, 5) is 91.1. The summed E-state index contributed by atoms with van der Waals surface area (Å²) < 4.78 is 262. The molecule has 0 aromatic heterocycles. The van der Waals surface area contributed by atoms with Gasteiger partial charge >= 0.3 is 102 Å². The molecular formula is C58H76F14O24. The number of esters is 8. The predicted molar refractivity (Wildman–Crippen MR) is 291 cm³/mol. The van der Waals surface area contributed by atoms with Crippen molar-refractivity contribution < 1.29 is 176 Å². The highest BCUT2D eigenvalue weighted by atomic mass is 19.4. The molecule has 1 unspecified atom stereocenters. The van der Waals surface area contributed by atoms with E-state index < -0.39 is 174 Å². The predicted octanol–water partition coefficient (Wildman–Crippen LogP) is 10.7. The fraction of sp³-hybridized carbons (Fsp3) is 0.724. The van der Waals surface area contributed by atoms with Gasteiger partial charge in [0.25, 0.3) is 0 Å². The van der Waals surface area contributed by atoms with Gasteiger partial charge in [0.2, 0.25) is 0 Å². The molecule has 550 valence electrons. The summed E-state index contributed by atoms with van der Waals surface area (Å²) in [7, 11) is 0. The SMILES string of the molecule is C=C(C)C(=O)OCC(=O)OC1(C(F)(F)C(F)(F)F)OC(C)(C)C(C)(C)O1.C=C(C)C(=O)OCC(=O)OC1(C(F)(F)F)OC(C)(C)C(C)(C)O1.C=C(C)C(=O)OCC(=O)OC1(C(F)(F)F)OC(C)(C)C2(CCCC2)O1.C=CC(=O)OCC(=O)OC1(C(F)(F)F)OC(C)(C)C(C)(C)O1. The van der Waals surface area contributed by atoms with E-state index in [4.69, 9.17) is 37.9 Å². The standard InChI is InChI=1S/C16H21F3O6.C15H19F5O6.C14H19F3O6.C13H17F3O6/c1-10(2)12(21)22-9-11(20)23-16(15(17,18)19)24-13(3,4)14(25-16)7-5-6-8-14;1-8(2)10(22)23-7-9(21)24-15(13(16,17)14(18,19)20)25-11(3,4)12(5,6)26-15;1-8(2)10(19)20-7-9(18)21-14(13(15,16)17)22-11(3,4)12(5,6)23-14;1-6-8(17)19-7-9(18)20-13(12(14,15)16)21-10(2,3)11(4,5)22-13/h1,5-9H2,2-4H3;1,7H2,2-6H3;1,7H2,2-6H3;6H,1,7H2,2-5H3. The van der Waals surface area contributed by atoms with Crippen LogP contribution >= 0.6 is 0 Å². The van der Waals surface area contributed by atoms with Gasteiger partial charge in [0.1, 0.15) is 5.60 Å². The molecule has 5 aliphatic rings. The van der Waals surface area contributed by atoms with E-state index in [0.717, 1.165) is 6.08 Å². The van der Waals surface area contributed by atoms with Gasteiger partial charge in [0, 0.05) is 22.8 Å². The second-order valence-corrected chi connectivity index (χ2v) is 25.2. The lowest BCUT2D eigenvalue weighted by Crippen LogP contribution is -2.61. The molecular weight excluding hydrogens is 1350 g/mol. The summed E-state index contributed by atoms with van der Waals surface area (Å²) in [5.74, 6) is -30.4. The molecule has 4 aliphatic heterocycles. The maximum absolute atomic E-state index is 14.1. The summed E-state index contributed by atoms with van der Waals surface area (Å²) in [6.45, 7) is 31.1. The van der Waals surface area contributed by atoms with E-state index in [2.05, 4.69) is 64.2 Å². The molecule has 4 saturated heterocycles. The lowest BCUT2D eigenvalue weighted by Gasteiger charge is -2.35. The molecule has 0 N–H and O–H groups in total. The molecule has 1 spiro atoms. The third-order valence-corrected chi connectivity index (χ3v) is 15.2. The summed E-state index contributed by atoms with van der Waals surface area (Å²) in [6, 6.07) is 0. The van der Waals surface area contributed by atoms with E-state index in [1.165, 1.54) is 118 Å². The second-order valence-electron chi connectivity index (χ2n) is 25.2. The zero-order chi connectivity index (χ0) is 75.5. The van der Waals surface area contributed by atoms with Gasteiger partial charge in [-0.05, 0) is 131 Å². The van der Waals surface area contributed by atoms with Crippen LogP contribution in [0.5, 0.6) is 0 Å². The van der Waals surface area contributed by atoms with Gasteiger partial charge in [0.15, 0.2) is 26.4 Å². The van der Waals surface area contributed by atoms with Crippen LogP contribution in [0.2, 0.25) is 0 Å². The number of rotatable bonds is 17. The van der Waals surface area contributed by atoms with Gasteiger partial charge in [-0.15, -0.1) is 0 Å². The van der Waals surface area contributed by atoms with E-state index in [0.29, 0.717) is 25.7 Å². The van der Waals surface area contributed by atoms with E-state index >= 15 is 0 Å². The fourth-order valence-corrected chi connectivity index (χ4v) is 8.00. The van der Waals surface area contributed by atoms with Crippen LogP contribution in [0.25, 0.3) is 0 Å². The molecule has 1 saturated carbocycles. The van der Waals surface area contributed by atoms with Crippen molar-refractivity contribution in [1.82, 2.24) is 0 Å². The number of carbonyl (C=O) groups is 8. The number of hydrogen-bond donors (Lipinski definition) is 0. The zero-order valence-electron chi connectivity index (χ0n) is 55.2. The molecule has 0 radical (unpaired) electrons. The molecule has 1 aliphatic carbocycles. The third kappa shape index (κ3) is 19.0. The smallest absolute Gasteiger partial charge is 0.451 e. The van der Waals surface area contributed by atoms with Gasteiger partial charge in [-0.3, -0.25) is 0 Å². The van der Waals surface area contributed by atoms with E-state index in [9.17, 15) is 99.8 Å². The molecule has 96 heavy (non-hydrogen) atoms. The molecule has 4 heterocycles. The van der Waals surface area contributed by atoms with E-state index in [1.807, 2.05) is 0 Å². The number of alkyl halides is 14. The minimum absolute atomic E-state index is 0.00209. The number of halogens is 14. The molecule has 0 amide bonds. The van der Waals surface area contributed by atoms with Gasteiger partial charge in [0.05, 0.1) is 39.2 Å². The third-order valence-electron chi connectivity index (χ3n) is 15.2. The van der Waals surface area contributed by atoms with Crippen molar-refractivity contribution in [2.45, 2.75) is 243 Å². The Bertz CT molecular complexity index is 2920. The van der Waals surface area contributed by atoms with Crippen LogP contribution in [0.3, 0.4) is 0 Å². The van der Waals surface area contributed by atoms with Crippen molar-refractivity contribution in [2.24, 2.45) is 0 Å². The van der Waals surface area contributed by atoms with Crippen molar-refractivity contribution in [1.29, 1.82) is 0 Å². The Balaban J connectivity index is 0.000000436. The summed E-state index contributed by atoms with van der Waals surface area (Å²) in [6.07, 6.45) is -18.7. The van der Waals surface area contributed by atoms with Crippen LogP contribution in [-0.4, -0.2) is 174 Å². The van der Waals surface area contributed by atoms with Gasteiger partial charge in [-0.25, -0.2) is 38.4 Å². The quantitative estimate of drug-likeness (QED) is 0.0566. The lowest BCUT2D eigenvalue weighted by molar-refractivity contribution is -0.468. The van der Waals surface area contributed by atoms with Crippen LogP contribution in [0.1, 0.15) is 143 Å². The summed E-state index contributed by atoms with van der Waals surface area (Å²) in [5.41, 5.74) is -11.6. The molecule has 38 heteroatoms. The molecule has 24 nitrogen and oxygen atoms in total. The first-order valence-corrected chi connectivity index (χ1v) is 28.0. The van der Waals surface area contributed by atoms with Gasteiger partial charge in [-0.1, -0.05) is 39.2 Å². The Kier molecular flexibility index (Phi) is 25.6. The largest absolute Gasteiger partial charge is 0.486 e. The summed E-state index contributed by atoms with van der Waals surface area (Å²) >= 11 is 0. The first-order chi connectivity index (χ1) is 42.6. The topological polar surface area (TPSA) is 284 Å². The van der Waals surface area contributed by atoms with E-state index in [1.54, 1.807) is 0 Å². The highest BCUT2D eigenvalue weighted by Gasteiger charge is 2.82. The lowest BCUT2D eigenvalue weighted by atomic mass is 9.85. The van der Waals surface area contributed by atoms with Crippen molar-refractivity contribution in [2.75, 3.05) is 26.4 Å². The Morgan fingerprint density at radius 3 is 0.812 bits per heavy atom. The van der Waals surface area contributed by atoms with Crippen LogP contribution in [0, 0.1) is 0 Å². The van der Waals surface area contributed by atoms with E-state index in [-0.39, 0.29) is 16.7 Å². The monoisotopic (exact) mass is 1420 g/mol. The first-order valence-electron chi connectivity index (χ1n) is 28.0. The molecule has 0 aromatic carbocycles. The van der Waals surface area contributed by atoms with Crippen LogP contribution in [0.4, 0.5) is 61.5 Å². The number of carbonyl (C=O) groups excluding carboxylic acids is 8. The molecule has 0 aromatic rings. The van der Waals surface area contributed by atoms with Crippen LogP contribution in [0.15, 0.2) is 49.1 Å².